The summed E-state index contributed by atoms with van der Waals surface area (Å²) < 4.78 is 5.32. The highest BCUT2D eigenvalue weighted by Gasteiger charge is 2.08. The monoisotopic (exact) mass is 516 g/mol. The van der Waals surface area contributed by atoms with E-state index in [4.69, 9.17) is 4.74 Å². The van der Waals surface area contributed by atoms with Crippen molar-refractivity contribution in [3.63, 3.8) is 0 Å². The highest BCUT2D eigenvalue weighted by Crippen LogP contribution is 2.16. The quantitative estimate of drug-likeness (QED) is 0.0820. The first-order chi connectivity index (χ1) is 18.3. The lowest BCUT2D eigenvalue weighted by atomic mass is 10.0. The second kappa shape index (κ2) is 27.6. The number of carbonyl (C=O) groups is 1. The maximum Gasteiger partial charge on any atom is 0.344 e. The Balaban J connectivity index is 1.66. The second-order valence-corrected chi connectivity index (χ2v) is 11.3. The number of carbonyl (C=O) groups excluding carboxylic acids is 1. The van der Waals surface area contributed by atoms with Crippen LogP contribution in [0.15, 0.2) is 24.5 Å². The Kier molecular flexibility index (Phi) is 25.1. The number of hydrogen-bond donors (Lipinski definition) is 0. The molecule has 0 amide bonds. The van der Waals surface area contributed by atoms with E-state index < -0.39 is 0 Å². The first-order valence-electron chi connectivity index (χ1n) is 16.5. The van der Waals surface area contributed by atoms with Crippen LogP contribution >= 0.6 is 0 Å². The van der Waals surface area contributed by atoms with Crippen LogP contribution in [0.5, 0.6) is 0 Å². The molecular weight excluding hydrogens is 454 g/mol. The summed E-state index contributed by atoms with van der Waals surface area (Å²) in [6, 6.07) is 3.60. The lowest BCUT2D eigenvalue weighted by Crippen LogP contribution is -2.10. The topological polar surface area (TPSA) is 40.4 Å². The molecule has 0 aliphatic heterocycles. The summed E-state index contributed by atoms with van der Waals surface area (Å²) in [4.78, 5) is 14.8. The summed E-state index contributed by atoms with van der Waals surface area (Å²) in [6.45, 7) is 2.83. The summed E-state index contributed by atoms with van der Waals surface area (Å²) in [5.41, 5.74) is 0.595. The van der Waals surface area contributed by atoms with Crippen molar-refractivity contribution in [3.05, 3.63) is 30.1 Å². The molecule has 1 aromatic rings. The molecule has 1 rings (SSSR count). The van der Waals surface area contributed by atoms with Crippen LogP contribution in [0.1, 0.15) is 184 Å². The van der Waals surface area contributed by atoms with Gasteiger partial charge in [0.05, 0.1) is 6.61 Å². The number of rotatable bonds is 28. The molecular formula is C34H62NO2+. The van der Waals surface area contributed by atoms with Gasteiger partial charge in [0.2, 0.25) is 0 Å². The van der Waals surface area contributed by atoms with E-state index in [1.54, 1.807) is 18.5 Å². The summed E-state index contributed by atoms with van der Waals surface area (Å²) in [5, 5.41) is 0. The molecule has 0 aromatic carbocycles. The number of ether oxygens (including phenoxy) is 1. The fraction of sp³-hybridized carbons (Fsp3) is 0.824. The molecule has 0 spiro atoms. The molecule has 37 heavy (non-hydrogen) atoms. The SMILES string of the molecule is CCCCCCCCCCCCCCCCCCCCCCCCCCCCOC(=O)c1ccc[nH+]c1. The van der Waals surface area contributed by atoms with Crippen LogP contribution in [0, 0.1) is 0 Å². The molecule has 0 unspecified atom stereocenters. The van der Waals surface area contributed by atoms with Crippen molar-refractivity contribution < 1.29 is 14.5 Å². The van der Waals surface area contributed by atoms with Crippen LogP contribution in [0.3, 0.4) is 0 Å². The standard InChI is InChI=1S/C34H61NO2/c1-2-3-4-5-6-7-8-9-10-11-12-13-14-15-16-17-18-19-20-21-22-23-24-25-26-27-31-37-34(36)33-29-28-30-35-32-33/h28-30,32H,2-27,31H2,1H3/p+1. The largest absolute Gasteiger partial charge is 0.462 e. The smallest absolute Gasteiger partial charge is 0.344 e. The van der Waals surface area contributed by atoms with Gasteiger partial charge in [0.25, 0.3) is 0 Å². The number of nitrogens with one attached hydrogen (secondary N) is 1. The Morgan fingerprint density at radius 1 is 0.568 bits per heavy atom. The van der Waals surface area contributed by atoms with E-state index in [1.165, 1.54) is 154 Å². The third kappa shape index (κ3) is 23.5. The van der Waals surface area contributed by atoms with Crippen molar-refractivity contribution in [2.45, 2.75) is 174 Å². The van der Waals surface area contributed by atoms with Crippen molar-refractivity contribution >= 4 is 5.97 Å². The molecule has 0 aliphatic rings. The Morgan fingerprint density at radius 2 is 0.919 bits per heavy atom. The van der Waals surface area contributed by atoms with Crippen LogP contribution < -0.4 is 4.98 Å². The number of aromatic nitrogens is 1. The van der Waals surface area contributed by atoms with Gasteiger partial charge in [-0.2, -0.15) is 0 Å². The molecule has 1 heterocycles. The van der Waals surface area contributed by atoms with Crippen molar-refractivity contribution in [2.24, 2.45) is 0 Å². The van der Waals surface area contributed by atoms with Crippen molar-refractivity contribution in [2.75, 3.05) is 6.61 Å². The van der Waals surface area contributed by atoms with Gasteiger partial charge in [-0.1, -0.05) is 167 Å². The molecule has 0 radical (unpaired) electrons. The third-order valence-electron chi connectivity index (χ3n) is 7.67. The zero-order chi connectivity index (χ0) is 26.5. The first kappa shape index (κ1) is 33.6. The van der Waals surface area contributed by atoms with E-state index >= 15 is 0 Å². The molecule has 0 fully saturated rings. The zero-order valence-corrected chi connectivity index (χ0v) is 24.7. The number of H-pyrrole nitrogens is 1. The Bertz CT molecular complexity index is 589. The molecule has 0 bridgehead atoms. The summed E-state index contributed by atoms with van der Waals surface area (Å²) in [5.74, 6) is -0.226. The number of aromatic amines is 1. The molecule has 1 aromatic heterocycles. The molecule has 0 aliphatic carbocycles. The van der Waals surface area contributed by atoms with E-state index in [2.05, 4.69) is 11.9 Å². The predicted molar refractivity (Wildman–Crippen MR) is 159 cm³/mol. The van der Waals surface area contributed by atoms with Gasteiger partial charge in [-0.05, 0) is 12.5 Å². The van der Waals surface area contributed by atoms with E-state index in [1.807, 2.05) is 6.07 Å². The average Bonchev–Trinajstić information content (AvgIpc) is 2.93. The normalized spacial score (nSPS) is 11.2. The molecule has 0 atom stereocenters. The Morgan fingerprint density at radius 3 is 1.24 bits per heavy atom. The van der Waals surface area contributed by atoms with Gasteiger partial charge in [0.15, 0.2) is 12.4 Å². The van der Waals surface area contributed by atoms with Gasteiger partial charge in [0, 0.05) is 6.07 Å². The van der Waals surface area contributed by atoms with Crippen LogP contribution in [0.4, 0.5) is 0 Å². The van der Waals surface area contributed by atoms with Crippen molar-refractivity contribution in [1.82, 2.24) is 0 Å². The molecule has 3 heteroatoms. The minimum absolute atomic E-state index is 0.226. The number of unbranched alkanes of at least 4 members (excludes halogenated alkanes) is 25. The highest BCUT2D eigenvalue weighted by molar-refractivity contribution is 5.88. The molecule has 1 N–H and O–H groups in total. The Hall–Kier alpha value is -1.38. The van der Waals surface area contributed by atoms with Gasteiger partial charge < -0.3 is 4.74 Å². The van der Waals surface area contributed by atoms with Gasteiger partial charge >= 0.3 is 5.97 Å². The first-order valence-corrected chi connectivity index (χ1v) is 16.5. The van der Waals surface area contributed by atoms with E-state index in [0.29, 0.717) is 12.2 Å². The zero-order valence-electron chi connectivity index (χ0n) is 24.7. The maximum absolute atomic E-state index is 11.8. The van der Waals surface area contributed by atoms with Crippen LogP contribution in [-0.4, -0.2) is 12.6 Å². The fourth-order valence-corrected chi connectivity index (χ4v) is 5.19. The lowest BCUT2D eigenvalue weighted by molar-refractivity contribution is -0.378. The van der Waals surface area contributed by atoms with Gasteiger partial charge in [-0.25, -0.2) is 9.78 Å². The highest BCUT2D eigenvalue weighted by atomic mass is 16.5. The molecule has 0 saturated heterocycles. The Labute approximate surface area is 231 Å². The predicted octanol–water partition coefficient (Wildman–Crippen LogP) is 10.8. The second-order valence-electron chi connectivity index (χ2n) is 11.3. The average molecular weight is 517 g/mol. The summed E-state index contributed by atoms with van der Waals surface area (Å²) >= 11 is 0. The third-order valence-corrected chi connectivity index (χ3v) is 7.67. The number of hydrogen-bond acceptors (Lipinski definition) is 2. The lowest BCUT2D eigenvalue weighted by Gasteiger charge is -2.05. The summed E-state index contributed by atoms with van der Waals surface area (Å²) in [6.07, 6.45) is 40.0. The number of pyridine rings is 1. The minimum atomic E-state index is -0.226. The van der Waals surface area contributed by atoms with E-state index in [0.717, 1.165) is 12.8 Å². The molecule has 0 saturated carbocycles. The van der Waals surface area contributed by atoms with Gasteiger partial charge in [-0.15, -0.1) is 0 Å². The van der Waals surface area contributed by atoms with Gasteiger partial charge in [0.1, 0.15) is 5.56 Å². The molecule has 3 nitrogen and oxygen atoms in total. The van der Waals surface area contributed by atoms with Gasteiger partial charge in [-0.3, -0.25) is 0 Å². The fourth-order valence-electron chi connectivity index (χ4n) is 5.19. The van der Waals surface area contributed by atoms with E-state index in [-0.39, 0.29) is 5.97 Å². The van der Waals surface area contributed by atoms with Crippen LogP contribution in [-0.2, 0) is 4.74 Å². The van der Waals surface area contributed by atoms with Crippen molar-refractivity contribution in [3.8, 4) is 0 Å². The van der Waals surface area contributed by atoms with Crippen molar-refractivity contribution in [1.29, 1.82) is 0 Å². The summed E-state index contributed by atoms with van der Waals surface area (Å²) in [7, 11) is 0. The maximum atomic E-state index is 11.8. The number of esters is 1. The molecule has 214 valence electrons. The minimum Gasteiger partial charge on any atom is -0.462 e. The van der Waals surface area contributed by atoms with E-state index in [9.17, 15) is 4.79 Å². The van der Waals surface area contributed by atoms with Crippen LogP contribution in [0.25, 0.3) is 0 Å². The van der Waals surface area contributed by atoms with Crippen LogP contribution in [0.2, 0.25) is 0 Å².